The molecular weight excluding hydrogens is 647 g/mol. The van der Waals surface area contributed by atoms with Gasteiger partial charge in [-0.3, -0.25) is 4.98 Å². The van der Waals surface area contributed by atoms with Crippen molar-refractivity contribution in [1.29, 1.82) is 0 Å². The van der Waals surface area contributed by atoms with E-state index in [-0.39, 0.29) is 0 Å². The first-order valence-corrected chi connectivity index (χ1v) is 17.7. The van der Waals surface area contributed by atoms with Crippen LogP contribution in [0.2, 0.25) is 0 Å². The molecule has 0 unspecified atom stereocenters. The van der Waals surface area contributed by atoms with Gasteiger partial charge in [0, 0.05) is 40.2 Å². The summed E-state index contributed by atoms with van der Waals surface area (Å²) in [7, 11) is 0. The molecule has 0 spiro atoms. The summed E-state index contributed by atoms with van der Waals surface area (Å²) in [6.07, 6.45) is 3.69. The third-order valence-electron chi connectivity index (χ3n) is 10.6. The minimum absolute atomic E-state index is 0.605. The van der Waals surface area contributed by atoms with Crippen molar-refractivity contribution in [2.24, 2.45) is 0 Å². The third kappa shape index (κ3) is 4.79. The molecule has 0 amide bonds. The highest BCUT2D eigenvalue weighted by Gasteiger charge is 2.45. The lowest BCUT2D eigenvalue weighted by Crippen LogP contribution is -2.34. The topological polar surface area (TPSA) is 31.4 Å². The number of ether oxygens (including phenoxy) is 1. The molecule has 4 nitrogen and oxygen atoms in total. The zero-order valence-electron chi connectivity index (χ0n) is 28.6. The Morgan fingerprint density at radius 2 is 1.15 bits per heavy atom. The SMILES string of the molecule is [C-]#[N+]c1ccc2c(c1)c1cc(-c3ccc4c(c3)C(c3ccccc3)(c3ccccc3)c3ccccc3O4)ccc1n2-c1cccc(-c2cccnc2)c1. The summed E-state index contributed by atoms with van der Waals surface area (Å²) < 4.78 is 8.98. The van der Waals surface area contributed by atoms with Crippen LogP contribution in [0, 0.1) is 6.57 Å². The molecule has 9 aromatic rings. The monoisotopic (exact) mass is 677 g/mol. The maximum absolute atomic E-state index is 7.82. The molecule has 53 heavy (non-hydrogen) atoms. The average molecular weight is 678 g/mol. The average Bonchev–Trinajstić information content (AvgIpc) is 3.56. The summed E-state index contributed by atoms with van der Waals surface area (Å²) in [6, 6.07) is 61.9. The number of hydrogen-bond donors (Lipinski definition) is 0. The standard InChI is InChI=1S/C49H31N3O/c1-50-39-23-25-46-42(31-39)41-29-34(21-24-45(41)52(46)40-18-10-12-33(28-40)36-13-11-27-51-32-36)35-22-26-48-44(30-35)49(37-14-4-2-5-15-37,38-16-6-3-7-17-38)43-19-8-9-20-47(43)53-48/h2-32H. The summed E-state index contributed by atoms with van der Waals surface area (Å²) >= 11 is 0. The molecule has 0 N–H and O–H groups in total. The van der Waals surface area contributed by atoms with Gasteiger partial charge < -0.3 is 9.30 Å². The Morgan fingerprint density at radius 1 is 0.509 bits per heavy atom. The van der Waals surface area contributed by atoms with Crippen molar-refractivity contribution in [3.63, 3.8) is 0 Å². The number of nitrogens with zero attached hydrogens (tertiary/aromatic N) is 3. The molecule has 7 aromatic carbocycles. The van der Waals surface area contributed by atoms with Crippen LogP contribution in [0.15, 0.2) is 188 Å². The zero-order chi connectivity index (χ0) is 35.4. The van der Waals surface area contributed by atoms with Crippen LogP contribution in [0.4, 0.5) is 5.69 Å². The van der Waals surface area contributed by atoms with Gasteiger partial charge in [0.25, 0.3) is 0 Å². The first-order valence-electron chi connectivity index (χ1n) is 17.7. The highest BCUT2D eigenvalue weighted by Crippen LogP contribution is 2.56. The second-order valence-electron chi connectivity index (χ2n) is 13.5. The molecule has 4 heteroatoms. The highest BCUT2D eigenvalue weighted by molar-refractivity contribution is 6.11. The zero-order valence-corrected chi connectivity index (χ0v) is 28.6. The summed E-state index contributed by atoms with van der Waals surface area (Å²) in [4.78, 5) is 8.15. The van der Waals surface area contributed by atoms with E-state index < -0.39 is 5.41 Å². The fourth-order valence-corrected chi connectivity index (χ4v) is 8.28. The van der Waals surface area contributed by atoms with Gasteiger partial charge in [-0.15, -0.1) is 0 Å². The molecule has 0 fully saturated rings. The fraction of sp³-hybridized carbons (Fsp3) is 0.0204. The van der Waals surface area contributed by atoms with Crippen LogP contribution in [0.3, 0.4) is 0 Å². The van der Waals surface area contributed by atoms with Gasteiger partial charge in [-0.1, -0.05) is 115 Å². The molecule has 10 rings (SSSR count). The number of benzene rings is 7. The first kappa shape index (κ1) is 30.6. The predicted molar refractivity (Wildman–Crippen MR) is 214 cm³/mol. The van der Waals surface area contributed by atoms with E-state index in [1.165, 1.54) is 11.1 Å². The number of fused-ring (bicyclic) bond motifs is 5. The van der Waals surface area contributed by atoms with Crippen LogP contribution in [-0.2, 0) is 5.41 Å². The molecule has 0 saturated heterocycles. The maximum atomic E-state index is 7.82. The van der Waals surface area contributed by atoms with Crippen LogP contribution in [0.25, 0.3) is 54.6 Å². The van der Waals surface area contributed by atoms with Crippen LogP contribution in [-0.4, -0.2) is 9.55 Å². The number of hydrogen-bond acceptors (Lipinski definition) is 2. The van der Waals surface area contributed by atoms with E-state index in [9.17, 15) is 0 Å². The van der Waals surface area contributed by atoms with Gasteiger partial charge in [-0.25, -0.2) is 4.85 Å². The molecular formula is C49H31N3O. The molecule has 248 valence electrons. The summed E-state index contributed by atoms with van der Waals surface area (Å²) in [5.74, 6) is 1.70. The van der Waals surface area contributed by atoms with Crippen LogP contribution >= 0.6 is 0 Å². The lowest BCUT2D eigenvalue weighted by atomic mass is 9.63. The Morgan fingerprint density at radius 3 is 1.91 bits per heavy atom. The van der Waals surface area contributed by atoms with Crippen molar-refractivity contribution >= 4 is 27.5 Å². The normalized spacial score (nSPS) is 12.8. The third-order valence-corrected chi connectivity index (χ3v) is 10.6. The number of rotatable bonds is 5. The molecule has 1 aliphatic rings. The van der Waals surface area contributed by atoms with E-state index in [2.05, 4.69) is 166 Å². The minimum Gasteiger partial charge on any atom is -0.457 e. The molecule has 2 aromatic heterocycles. The van der Waals surface area contributed by atoms with E-state index in [1.807, 2.05) is 30.5 Å². The van der Waals surface area contributed by atoms with Crippen molar-refractivity contribution < 1.29 is 4.74 Å². The summed E-state index contributed by atoms with van der Waals surface area (Å²) in [5.41, 5.74) is 12.1. The predicted octanol–water partition coefficient (Wildman–Crippen LogP) is 12.6. The van der Waals surface area contributed by atoms with Gasteiger partial charge in [0.15, 0.2) is 5.69 Å². The van der Waals surface area contributed by atoms with Gasteiger partial charge in [0.05, 0.1) is 23.0 Å². The smallest absolute Gasteiger partial charge is 0.188 e. The van der Waals surface area contributed by atoms with Gasteiger partial charge in [-0.05, 0) is 93.9 Å². The molecule has 0 saturated carbocycles. The van der Waals surface area contributed by atoms with E-state index in [4.69, 9.17) is 11.3 Å². The second kappa shape index (κ2) is 12.2. The van der Waals surface area contributed by atoms with Crippen molar-refractivity contribution in [2.45, 2.75) is 5.41 Å². The van der Waals surface area contributed by atoms with E-state index in [0.717, 1.165) is 72.4 Å². The molecule has 0 bridgehead atoms. The van der Waals surface area contributed by atoms with Crippen molar-refractivity contribution in [1.82, 2.24) is 9.55 Å². The fourth-order valence-electron chi connectivity index (χ4n) is 8.28. The second-order valence-corrected chi connectivity index (χ2v) is 13.5. The maximum Gasteiger partial charge on any atom is 0.188 e. The number of aromatic nitrogens is 2. The van der Waals surface area contributed by atoms with Gasteiger partial charge in [-0.2, -0.15) is 0 Å². The number of pyridine rings is 1. The van der Waals surface area contributed by atoms with Crippen molar-refractivity contribution in [3.05, 3.63) is 222 Å². The lowest BCUT2D eigenvalue weighted by molar-refractivity contribution is 0.434. The Balaban J connectivity index is 1.20. The number of para-hydroxylation sites is 1. The summed E-state index contributed by atoms with van der Waals surface area (Å²) in [6.45, 7) is 7.82. The summed E-state index contributed by atoms with van der Waals surface area (Å²) in [5, 5.41) is 2.13. The molecule has 0 radical (unpaired) electrons. The van der Waals surface area contributed by atoms with E-state index in [0.29, 0.717) is 5.69 Å². The Kier molecular flexibility index (Phi) is 7.06. The first-order chi connectivity index (χ1) is 26.2. The van der Waals surface area contributed by atoms with Gasteiger partial charge in [0.1, 0.15) is 11.5 Å². The quantitative estimate of drug-likeness (QED) is 0.170. The van der Waals surface area contributed by atoms with Gasteiger partial charge in [0.2, 0.25) is 0 Å². The Bertz CT molecular complexity index is 2830. The molecule has 0 aliphatic carbocycles. The molecule has 1 aliphatic heterocycles. The van der Waals surface area contributed by atoms with E-state index >= 15 is 0 Å². The molecule has 0 atom stereocenters. The van der Waals surface area contributed by atoms with Gasteiger partial charge >= 0.3 is 0 Å². The minimum atomic E-state index is -0.605. The highest BCUT2D eigenvalue weighted by atomic mass is 16.5. The van der Waals surface area contributed by atoms with Crippen molar-refractivity contribution in [2.75, 3.05) is 0 Å². The Labute approximate surface area is 307 Å². The molecule has 3 heterocycles. The largest absolute Gasteiger partial charge is 0.457 e. The Hall–Kier alpha value is -7.22. The van der Waals surface area contributed by atoms with Crippen molar-refractivity contribution in [3.8, 4) is 39.4 Å². The lowest BCUT2D eigenvalue weighted by Gasteiger charge is -2.41. The van der Waals surface area contributed by atoms with E-state index in [1.54, 1.807) is 6.20 Å². The van der Waals surface area contributed by atoms with Crippen LogP contribution < -0.4 is 4.74 Å². The van der Waals surface area contributed by atoms with Crippen LogP contribution in [0.1, 0.15) is 22.3 Å². The van der Waals surface area contributed by atoms with Crippen LogP contribution in [0.5, 0.6) is 11.5 Å².